The Labute approximate surface area is 291 Å². The molecule has 2 aromatic heterocycles. The molecule has 2 aromatic carbocycles. The molecule has 4 aliphatic rings. The van der Waals surface area contributed by atoms with Crippen LogP contribution in [-0.4, -0.2) is 95.6 Å². The first-order valence-electron chi connectivity index (χ1n) is 18.0. The second-order valence-corrected chi connectivity index (χ2v) is 13.8. The smallest absolute Gasteiger partial charge is 0.319 e. The van der Waals surface area contributed by atoms with E-state index in [1.54, 1.807) is 0 Å². The normalized spacial score (nSPS) is 26.6. The Morgan fingerprint density at radius 3 is 2.88 bits per heavy atom. The fraction of sp³-hybridized carbons (Fsp3) is 0.432. The largest absolute Gasteiger partial charge is 0.508 e. The molecule has 2 unspecified atom stereocenters. The maximum absolute atomic E-state index is 17.3. The van der Waals surface area contributed by atoms with Gasteiger partial charge in [0.25, 0.3) is 0 Å². The number of piperazine rings is 1. The first-order chi connectivity index (χ1) is 25.3. The number of phenolic OH excluding ortho intramolecular Hbond substituents is 1. The SMILES string of the molecule is [2H]C([2H])([2H])OCC12CCC(CN(c3nc(OC[C@@]45CCCN4C/C(=C/F)C5)nc4c(F)c(-c5cc(O)cc6ccc(F)c(C#C)c56)nc(OC)c34)C1)N2. The van der Waals surface area contributed by atoms with Crippen LogP contribution in [0.25, 0.3) is 32.9 Å². The third kappa shape index (κ3) is 5.20. The van der Waals surface area contributed by atoms with Gasteiger partial charge in [0.05, 0.1) is 40.8 Å². The minimum atomic E-state index is -2.60. The van der Waals surface area contributed by atoms with E-state index in [1.165, 1.54) is 31.4 Å². The third-order valence-electron chi connectivity index (χ3n) is 10.7. The number of methoxy groups -OCH3 is 2. The van der Waals surface area contributed by atoms with E-state index in [-0.39, 0.29) is 82.4 Å². The number of benzene rings is 2. The summed E-state index contributed by atoms with van der Waals surface area (Å²) in [6, 6.07) is 5.05. The molecular formula is C37H37F3N6O4. The topological polar surface area (TPSA) is 105 Å². The summed E-state index contributed by atoms with van der Waals surface area (Å²) in [7, 11) is -1.24. The van der Waals surface area contributed by atoms with Gasteiger partial charge < -0.3 is 29.5 Å². The number of pyridine rings is 1. The first-order valence-corrected chi connectivity index (χ1v) is 16.5. The minimum Gasteiger partial charge on any atom is -0.508 e. The molecule has 4 fully saturated rings. The van der Waals surface area contributed by atoms with Crippen molar-refractivity contribution in [1.29, 1.82) is 0 Å². The predicted molar refractivity (Wildman–Crippen MR) is 182 cm³/mol. The van der Waals surface area contributed by atoms with E-state index in [9.17, 15) is 9.50 Å². The zero-order valence-electron chi connectivity index (χ0n) is 30.4. The fourth-order valence-corrected chi connectivity index (χ4v) is 8.57. The first kappa shape index (κ1) is 29.1. The number of ether oxygens (including phenoxy) is 3. The van der Waals surface area contributed by atoms with Crippen molar-refractivity contribution in [3.63, 3.8) is 0 Å². The number of anilines is 1. The molecule has 0 spiro atoms. The van der Waals surface area contributed by atoms with Crippen LogP contribution in [0.5, 0.6) is 17.6 Å². The molecule has 2 N–H and O–H groups in total. The van der Waals surface area contributed by atoms with E-state index in [2.05, 4.69) is 26.1 Å². The van der Waals surface area contributed by atoms with Gasteiger partial charge in [-0.15, -0.1) is 6.42 Å². The van der Waals surface area contributed by atoms with Crippen LogP contribution in [0.4, 0.5) is 19.0 Å². The van der Waals surface area contributed by atoms with Crippen LogP contribution in [-0.2, 0) is 4.74 Å². The number of fused-ring (bicyclic) bond motifs is 5. The molecule has 6 heterocycles. The number of rotatable bonds is 8. The predicted octanol–water partition coefficient (Wildman–Crippen LogP) is 5.25. The van der Waals surface area contributed by atoms with Crippen molar-refractivity contribution in [3.8, 4) is 41.2 Å². The summed E-state index contributed by atoms with van der Waals surface area (Å²) in [5, 5.41) is 14.9. The molecule has 0 aliphatic carbocycles. The Balaban J connectivity index is 1.30. The highest BCUT2D eigenvalue weighted by molar-refractivity contribution is 6.04. The highest BCUT2D eigenvalue weighted by atomic mass is 19.1. The van der Waals surface area contributed by atoms with E-state index in [4.69, 9.17) is 29.7 Å². The van der Waals surface area contributed by atoms with Crippen molar-refractivity contribution in [3.05, 3.63) is 53.4 Å². The number of phenols is 1. The van der Waals surface area contributed by atoms with Gasteiger partial charge in [0.15, 0.2) is 5.82 Å². The minimum absolute atomic E-state index is 0.0192. The fourth-order valence-electron chi connectivity index (χ4n) is 8.57. The van der Waals surface area contributed by atoms with E-state index in [1.807, 2.05) is 4.90 Å². The van der Waals surface area contributed by atoms with Crippen molar-refractivity contribution in [2.75, 3.05) is 58.4 Å². The average Bonchev–Trinajstić information content (AvgIpc) is 3.79. The molecular weight excluding hydrogens is 649 g/mol. The average molecular weight is 690 g/mol. The van der Waals surface area contributed by atoms with Gasteiger partial charge in [-0.1, -0.05) is 12.0 Å². The number of hydrogen-bond donors (Lipinski definition) is 2. The third-order valence-corrected chi connectivity index (χ3v) is 10.7. The monoisotopic (exact) mass is 689 g/mol. The van der Waals surface area contributed by atoms with Crippen LogP contribution < -0.4 is 19.7 Å². The van der Waals surface area contributed by atoms with Gasteiger partial charge in [0.2, 0.25) is 5.88 Å². The molecule has 0 amide bonds. The van der Waals surface area contributed by atoms with Crippen LogP contribution in [0.3, 0.4) is 0 Å². The lowest BCUT2D eigenvalue weighted by atomic mass is 9.94. The molecule has 4 aliphatic heterocycles. The Morgan fingerprint density at radius 1 is 1.20 bits per heavy atom. The lowest BCUT2D eigenvalue weighted by molar-refractivity contribution is 0.107. The molecule has 0 radical (unpaired) electrons. The van der Waals surface area contributed by atoms with Crippen molar-refractivity contribution in [2.24, 2.45) is 0 Å². The summed E-state index contributed by atoms with van der Waals surface area (Å²) < 4.78 is 86.3. The zero-order chi connectivity index (χ0) is 37.3. The molecule has 8 rings (SSSR count). The highest BCUT2D eigenvalue weighted by Crippen LogP contribution is 2.45. The highest BCUT2D eigenvalue weighted by Gasteiger charge is 2.48. The van der Waals surface area contributed by atoms with Gasteiger partial charge in [-0.2, -0.15) is 9.97 Å². The van der Waals surface area contributed by atoms with Crippen molar-refractivity contribution in [1.82, 2.24) is 25.2 Å². The maximum Gasteiger partial charge on any atom is 0.319 e. The Hall–Kier alpha value is -4.64. The van der Waals surface area contributed by atoms with Crippen molar-refractivity contribution >= 4 is 27.5 Å². The van der Waals surface area contributed by atoms with Gasteiger partial charge in [-0.3, -0.25) is 4.90 Å². The zero-order valence-corrected chi connectivity index (χ0v) is 27.4. The number of terminal acetylenes is 1. The number of nitrogens with one attached hydrogen (secondary N) is 1. The van der Waals surface area contributed by atoms with Gasteiger partial charge >= 0.3 is 6.01 Å². The summed E-state index contributed by atoms with van der Waals surface area (Å²) in [5.41, 5.74) is -1.18. The summed E-state index contributed by atoms with van der Waals surface area (Å²) >= 11 is 0. The molecule has 10 nitrogen and oxygen atoms in total. The quantitative estimate of drug-likeness (QED) is 0.239. The molecule has 4 aromatic rings. The molecule has 0 saturated carbocycles. The second-order valence-electron chi connectivity index (χ2n) is 13.8. The van der Waals surface area contributed by atoms with Crippen LogP contribution in [0.2, 0.25) is 0 Å². The van der Waals surface area contributed by atoms with Crippen LogP contribution in [0.1, 0.15) is 41.8 Å². The van der Waals surface area contributed by atoms with Crippen LogP contribution >= 0.6 is 0 Å². The standard InChI is InChI=1S/C37H37F3N6O4/c1-4-25-27(39)7-6-22-12-24(47)13-26(28(22)25)31-30(40)32-29(34(41-31)49-3)33(45-17-23-8-10-36(18-45,44-23)19-48-2)43-35(42-32)50-20-37-9-5-11-46(37)16-21(14-37)15-38/h1,6-7,12-13,15,23,44,47H,5,8-11,14,16-20H2,2-3H3/b21-15+/t23?,36?,37-/m0/s1/i2D3. The van der Waals surface area contributed by atoms with E-state index in [0.29, 0.717) is 43.2 Å². The molecule has 260 valence electrons. The summed E-state index contributed by atoms with van der Waals surface area (Å²) in [4.78, 5) is 18.1. The van der Waals surface area contributed by atoms with E-state index < -0.39 is 29.8 Å². The Bertz CT molecular complexity index is 2220. The number of nitrogens with zero attached hydrogens (tertiary/aromatic N) is 5. The van der Waals surface area contributed by atoms with Crippen molar-refractivity contribution in [2.45, 2.75) is 49.2 Å². The molecule has 2 bridgehead atoms. The van der Waals surface area contributed by atoms with E-state index >= 15 is 8.78 Å². The molecule has 4 saturated heterocycles. The molecule has 3 atom stereocenters. The number of aromatic hydroxyl groups is 1. The van der Waals surface area contributed by atoms with Gasteiger partial charge in [0, 0.05) is 43.7 Å². The Kier molecular flexibility index (Phi) is 7.16. The lowest BCUT2D eigenvalue weighted by Crippen LogP contribution is -2.61. The second kappa shape index (κ2) is 12.3. The summed E-state index contributed by atoms with van der Waals surface area (Å²) in [6.07, 6.45) is 9.90. The van der Waals surface area contributed by atoms with Crippen LogP contribution in [0.15, 0.2) is 36.2 Å². The lowest BCUT2D eigenvalue weighted by Gasteiger charge is -2.42. The van der Waals surface area contributed by atoms with Gasteiger partial charge in [0.1, 0.15) is 40.6 Å². The number of hydrogen-bond acceptors (Lipinski definition) is 10. The van der Waals surface area contributed by atoms with Gasteiger partial charge in [-0.05, 0) is 67.8 Å². The summed E-state index contributed by atoms with van der Waals surface area (Å²) in [5.74, 6) is 0.688. The Morgan fingerprint density at radius 2 is 2.08 bits per heavy atom. The van der Waals surface area contributed by atoms with Crippen LogP contribution in [0, 0.1) is 24.0 Å². The van der Waals surface area contributed by atoms with Gasteiger partial charge in [-0.25, -0.2) is 18.2 Å². The molecule has 50 heavy (non-hydrogen) atoms. The number of halogens is 3. The van der Waals surface area contributed by atoms with E-state index in [0.717, 1.165) is 25.8 Å². The summed E-state index contributed by atoms with van der Waals surface area (Å²) in [6.45, 7) is 1.98. The molecule has 13 heteroatoms. The van der Waals surface area contributed by atoms with Crippen molar-refractivity contribution < 1.29 is 36.6 Å². The number of aromatic nitrogens is 3. The maximum atomic E-state index is 17.3.